The molecule has 0 aliphatic heterocycles. The molecule has 0 bridgehead atoms. The molecule has 0 aliphatic carbocycles. The van der Waals surface area contributed by atoms with Gasteiger partial charge in [0.15, 0.2) is 0 Å². The normalized spacial score (nSPS) is 14.6. The van der Waals surface area contributed by atoms with Gasteiger partial charge in [-0.15, -0.1) is 11.8 Å². The summed E-state index contributed by atoms with van der Waals surface area (Å²) in [7, 11) is 0. The Labute approximate surface area is 106 Å². The summed E-state index contributed by atoms with van der Waals surface area (Å²) in [6.45, 7) is 3.75. The van der Waals surface area contributed by atoms with Crippen molar-refractivity contribution in [2.24, 2.45) is 5.92 Å². The van der Waals surface area contributed by atoms with E-state index in [4.69, 9.17) is 5.11 Å². The van der Waals surface area contributed by atoms with Crippen LogP contribution in [-0.4, -0.2) is 27.2 Å². The standard InChI is InChI=1S/C13H18O3S/c1-9(2)12(13(15)16)17-8-11(14)10-6-4-3-5-7-10/h3-7,9,11-12,14H,8H2,1-2H3,(H,15,16). The smallest absolute Gasteiger partial charge is 0.316 e. The fourth-order valence-corrected chi connectivity index (χ4v) is 2.62. The van der Waals surface area contributed by atoms with Crippen molar-refractivity contribution in [3.8, 4) is 0 Å². The Hall–Kier alpha value is -1.00. The highest BCUT2D eigenvalue weighted by molar-refractivity contribution is 8.00. The first-order chi connectivity index (χ1) is 8.02. The fourth-order valence-electron chi connectivity index (χ4n) is 1.52. The second-order valence-corrected chi connectivity index (χ2v) is 5.44. The van der Waals surface area contributed by atoms with Crippen LogP contribution in [0.4, 0.5) is 0 Å². The van der Waals surface area contributed by atoms with E-state index in [0.717, 1.165) is 5.56 Å². The first-order valence-electron chi connectivity index (χ1n) is 5.59. The molecule has 0 aliphatic rings. The van der Waals surface area contributed by atoms with Crippen LogP contribution >= 0.6 is 11.8 Å². The molecule has 0 aromatic heterocycles. The molecule has 1 rings (SSSR count). The van der Waals surface area contributed by atoms with Gasteiger partial charge in [-0.25, -0.2) is 0 Å². The zero-order valence-corrected chi connectivity index (χ0v) is 10.9. The Bertz CT molecular complexity index is 351. The maximum Gasteiger partial charge on any atom is 0.316 e. The first kappa shape index (κ1) is 14.1. The Morgan fingerprint density at radius 3 is 2.35 bits per heavy atom. The highest BCUT2D eigenvalue weighted by atomic mass is 32.2. The number of aliphatic carboxylic acids is 1. The first-order valence-corrected chi connectivity index (χ1v) is 6.64. The molecule has 2 atom stereocenters. The topological polar surface area (TPSA) is 57.5 Å². The van der Waals surface area contributed by atoms with Gasteiger partial charge in [0.05, 0.1) is 6.10 Å². The number of benzene rings is 1. The van der Waals surface area contributed by atoms with E-state index in [1.54, 1.807) is 0 Å². The molecule has 94 valence electrons. The molecule has 0 amide bonds. The summed E-state index contributed by atoms with van der Waals surface area (Å²) in [5.41, 5.74) is 0.827. The van der Waals surface area contributed by atoms with Crippen molar-refractivity contribution < 1.29 is 15.0 Å². The molecule has 1 aromatic rings. The van der Waals surface area contributed by atoms with Crippen LogP contribution in [-0.2, 0) is 4.79 Å². The van der Waals surface area contributed by atoms with Gasteiger partial charge in [0, 0.05) is 5.75 Å². The summed E-state index contributed by atoms with van der Waals surface area (Å²) >= 11 is 1.29. The van der Waals surface area contributed by atoms with E-state index >= 15 is 0 Å². The Morgan fingerprint density at radius 1 is 1.29 bits per heavy atom. The number of carboxylic acids is 1. The van der Waals surface area contributed by atoms with E-state index < -0.39 is 17.3 Å². The lowest BCUT2D eigenvalue weighted by molar-refractivity contribution is -0.137. The van der Waals surface area contributed by atoms with Gasteiger partial charge < -0.3 is 10.2 Å². The summed E-state index contributed by atoms with van der Waals surface area (Å²) in [5.74, 6) is -0.357. The average molecular weight is 254 g/mol. The van der Waals surface area contributed by atoms with Crippen molar-refractivity contribution in [3.63, 3.8) is 0 Å². The number of hydrogen-bond donors (Lipinski definition) is 2. The minimum absolute atomic E-state index is 0.0560. The number of carbonyl (C=O) groups is 1. The van der Waals surface area contributed by atoms with Crippen molar-refractivity contribution in [1.82, 2.24) is 0 Å². The SMILES string of the molecule is CC(C)C(SCC(O)c1ccccc1)C(=O)O. The largest absolute Gasteiger partial charge is 0.480 e. The van der Waals surface area contributed by atoms with Crippen LogP contribution in [0, 0.1) is 5.92 Å². The van der Waals surface area contributed by atoms with Crippen molar-refractivity contribution in [2.45, 2.75) is 25.2 Å². The average Bonchev–Trinajstić information content (AvgIpc) is 2.29. The molecule has 0 fully saturated rings. The molecular formula is C13H18O3S. The van der Waals surface area contributed by atoms with Crippen molar-refractivity contribution in [1.29, 1.82) is 0 Å². The van der Waals surface area contributed by atoms with E-state index in [-0.39, 0.29) is 5.92 Å². The van der Waals surface area contributed by atoms with Crippen LogP contribution < -0.4 is 0 Å². The molecule has 2 unspecified atom stereocenters. The second kappa shape index (κ2) is 6.67. The maximum absolute atomic E-state index is 11.0. The van der Waals surface area contributed by atoms with Gasteiger partial charge in [0.25, 0.3) is 0 Å². The quantitative estimate of drug-likeness (QED) is 0.819. The molecule has 17 heavy (non-hydrogen) atoms. The summed E-state index contributed by atoms with van der Waals surface area (Å²) in [6.07, 6.45) is -0.609. The summed E-state index contributed by atoms with van der Waals surface area (Å²) in [6, 6.07) is 9.30. The van der Waals surface area contributed by atoms with Crippen molar-refractivity contribution >= 4 is 17.7 Å². The molecule has 2 N–H and O–H groups in total. The lowest BCUT2D eigenvalue weighted by Gasteiger charge is -2.18. The van der Waals surface area contributed by atoms with E-state index in [0.29, 0.717) is 5.75 Å². The Kier molecular flexibility index (Phi) is 5.51. The molecule has 0 saturated heterocycles. The van der Waals surface area contributed by atoms with Crippen LogP contribution in [0.25, 0.3) is 0 Å². The van der Waals surface area contributed by atoms with Gasteiger partial charge in [0.2, 0.25) is 0 Å². The highest BCUT2D eigenvalue weighted by Gasteiger charge is 2.23. The lowest BCUT2D eigenvalue weighted by atomic mass is 10.1. The summed E-state index contributed by atoms with van der Waals surface area (Å²) in [4.78, 5) is 11.0. The third-order valence-corrected chi connectivity index (χ3v) is 4.08. The van der Waals surface area contributed by atoms with Crippen molar-refractivity contribution in [2.75, 3.05) is 5.75 Å². The van der Waals surface area contributed by atoms with Gasteiger partial charge in [-0.3, -0.25) is 4.79 Å². The predicted molar refractivity (Wildman–Crippen MR) is 70.1 cm³/mol. The molecular weight excluding hydrogens is 236 g/mol. The predicted octanol–water partition coefficient (Wildman–Crippen LogP) is 2.56. The monoisotopic (exact) mass is 254 g/mol. The van der Waals surface area contributed by atoms with Gasteiger partial charge in [0.1, 0.15) is 5.25 Å². The third kappa shape index (κ3) is 4.40. The number of aliphatic hydroxyl groups excluding tert-OH is 1. The highest BCUT2D eigenvalue weighted by Crippen LogP contribution is 2.25. The molecule has 0 heterocycles. The minimum atomic E-state index is -0.815. The number of carboxylic acid groups (broad SMARTS) is 1. The van der Waals surface area contributed by atoms with E-state index in [1.165, 1.54) is 11.8 Å². The molecule has 0 spiro atoms. The number of rotatable bonds is 6. The van der Waals surface area contributed by atoms with Crippen LogP contribution in [0.15, 0.2) is 30.3 Å². The van der Waals surface area contributed by atoms with E-state index in [9.17, 15) is 9.90 Å². The fraction of sp³-hybridized carbons (Fsp3) is 0.462. The zero-order valence-electron chi connectivity index (χ0n) is 10.0. The van der Waals surface area contributed by atoms with Gasteiger partial charge in [-0.2, -0.15) is 0 Å². The van der Waals surface area contributed by atoms with Gasteiger partial charge in [-0.1, -0.05) is 44.2 Å². The lowest BCUT2D eigenvalue weighted by Crippen LogP contribution is -2.23. The number of aliphatic hydroxyl groups is 1. The second-order valence-electron chi connectivity index (χ2n) is 4.26. The summed E-state index contributed by atoms with van der Waals surface area (Å²) < 4.78 is 0. The van der Waals surface area contributed by atoms with Crippen LogP contribution in [0.2, 0.25) is 0 Å². The number of thioether (sulfide) groups is 1. The molecule has 4 heteroatoms. The molecule has 0 saturated carbocycles. The Morgan fingerprint density at radius 2 is 1.88 bits per heavy atom. The minimum Gasteiger partial charge on any atom is -0.480 e. The van der Waals surface area contributed by atoms with Crippen molar-refractivity contribution in [3.05, 3.63) is 35.9 Å². The van der Waals surface area contributed by atoms with E-state index in [1.807, 2.05) is 44.2 Å². The van der Waals surface area contributed by atoms with Crippen LogP contribution in [0.3, 0.4) is 0 Å². The van der Waals surface area contributed by atoms with E-state index in [2.05, 4.69) is 0 Å². The zero-order chi connectivity index (χ0) is 12.8. The Balaban J connectivity index is 2.52. The van der Waals surface area contributed by atoms with Gasteiger partial charge >= 0.3 is 5.97 Å². The molecule has 3 nitrogen and oxygen atoms in total. The third-order valence-electron chi connectivity index (χ3n) is 2.47. The van der Waals surface area contributed by atoms with Crippen LogP contribution in [0.1, 0.15) is 25.5 Å². The summed E-state index contributed by atoms with van der Waals surface area (Å²) in [5, 5.41) is 18.5. The molecule has 0 radical (unpaired) electrons. The van der Waals surface area contributed by atoms with Gasteiger partial charge in [-0.05, 0) is 11.5 Å². The maximum atomic E-state index is 11.0. The number of hydrogen-bond acceptors (Lipinski definition) is 3. The molecule has 1 aromatic carbocycles. The van der Waals surface area contributed by atoms with Crippen LogP contribution in [0.5, 0.6) is 0 Å².